The molecular formula is C9H15N3O2S. The average Bonchev–Trinajstić information content (AvgIpc) is 2.60. The normalized spacial score (nSPS) is 10.3. The van der Waals surface area contributed by atoms with Crippen LogP contribution in [0.25, 0.3) is 0 Å². The maximum atomic E-state index is 11.6. The number of rotatable bonds is 5. The first-order valence-electron chi connectivity index (χ1n) is 4.56. The highest BCUT2D eigenvalue weighted by atomic mass is 32.1. The van der Waals surface area contributed by atoms with E-state index in [4.69, 9.17) is 10.5 Å². The minimum Gasteiger partial charge on any atom is -0.383 e. The summed E-state index contributed by atoms with van der Waals surface area (Å²) in [6, 6.07) is 0. The minimum absolute atomic E-state index is 0.0253. The molecule has 0 saturated carbocycles. The predicted molar refractivity (Wildman–Crippen MR) is 59.7 cm³/mol. The molecule has 0 bridgehead atoms. The second-order valence-electron chi connectivity index (χ2n) is 3.16. The van der Waals surface area contributed by atoms with Gasteiger partial charge in [0.25, 0.3) is 0 Å². The molecule has 0 saturated heterocycles. The van der Waals surface area contributed by atoms with E-state index in [-0.39, 0.29) is 5.91 Å². The molecule has 0 aliphatic carbocycles. The molecule has 0 aliphatic heterocycles. The number of ether oxygens (including phenoxy) is 1. The Bertz CT molecular complexity index is 327. The van der Waals surface area contributed by atoms with Crippen molar-refractivity contribution in [1.82, 2.24) is 9.88 Å². The highest BCUT2D eigenvalue weighted by Gasteiger charge is 2.11. The second kappa shape index (κ2) is 5.67. The zero-order valence-corrected chi connectivity index (χ0v) is 9.71. The van der Waals surface area contributed by atoms with Crippen LogP contribution in [0.2, 0.25) is 0 Å². The van der Waals surface area contributed by atoms with Gasteiger partial charge in [-0.1, -0.05) is 0 Å². The number of amides is 1. The Morgan fingerprint density at radius 3 is 3.00 bits per heavy atom. The monoisotopic (exact) mass is 229 g/mol. The molecule has 1 amide bonds. The van der Waals surface area contributed by atoms with Gasteiger partial charge in [-0.2, -0.15) is 0 Å². The Morgan fingerprint density at radius 1 is 1.73 bits per heavy atom. The Morgan fingerprint density at radius 2 is 2.47 bits per heavy atom. The van der Waals surface area contributed by atoms with Crippen LogP contribution < -0.4 is 5.73 Å². The van der Waals surface area contributed by atoms with Gasteiger partial charge in [0.15, 0.2) is 5.13 Å². The van der Waals surface area contributed by atoms with Gasteiger partial charge in [-0.3, -0.25) is 4.79 Å². The number of methoxy groups -OCH3 is 1. The van der Waals surface area contributed by atoms with Crippen molar-refractivity contribution in [1.29, 1.82) is 0 Å². The summed E-state index contributed by atoms with van der Waals surface area (Å²) >= 11 is 1.35. The number of nitrogens with zero attached hydrogens (tertiary/aromatic N) is 2. The summed E-state index contributed by atoms with van der Waals surface area (Å²) in [5, 5.41) is 2.30. The fraction of sp³-hybridized carbons (Fsp3) is 0.556. The molecule has 0 radical (unpaired) electrons. The van der Waals surface area contributed by atoms with Crippen LogP contribution >= 0.6 is 11.3 Å². The van der Waals surface area contributed by atoms with Crippen LogP contribution in [-0.2, 0) is 16.0 Å². The SMILES string of the molecule is COCCN(C)C(=O)Cc1csc(N)n1. The van der Waals surface area contributed by atoms with E-state index < -0.39 is 0 Å². The quantitative estimate of drug-likeness (QED) is 0.792. The summed E-state index contributed by atoms with van der Waals surface area (Å²) in [5.41, 5.74) is 6.20. The predicted octanol–water partition coefficient (Wildman–Crippen LogP) is 0.373. The number of carbonyl (C=O) groups is 1. The van der Waals surface area contributed by atoms with Crippen molar-refractivity contribution in [3.63, 3.8) is 0 Å². The largest absolute Gasteiger partial charge is 0.383 e. The summed E-state index contributed by atoms with van der Waals surface area (Å²) in [6.07, 6.45) is 0.300. The van der Waals surface area contributed by atoms with Gasteiger partial charge in [-0.05, 0) is 0 Å². The Labute approximate surface area is 92.9 Å². The maximum absolute atomic E-state index is 11.6. The highest BCUT2D eigenvalue weighted by molar-refractivity contribution is 7.13. The number of carbonyl (C=O) groups excluding carboxylic acids is 1. The van der Waals surface area contributed by atoms with E-state index >= 15 is 0 Å². The molecule has 2 N–H and O–H groups in total. The average molecular weight is 229 g/mol. The molecular weight excluding hydrogens is 214 g/mol. The van der Waals surface area contributed by atoms with Crippen molar-refractivity contribution in [3.8, 4) is 0 Å². The minimum atomic E-state index is 0.0253. The first kappa shape index (κ1) is 11.9. The van der Waals surface area contributed by atoms with Crippen molar-refractivity contribution in [3.05, 3.63) is 11.1 Å². The molecule has 0 atom stereocenters. The first-order chi connectivity index (χ1) is 7.13. The number of nitrogen functional groups attached to an aromatic ring is 1. The molecule has 1 heterocycles. The molecule has 0 spiro atoms. The number of hydrogen-bond donors (Lipinski definition) is 1. The van der Waals surface area contributed by atoms with Gasteiger partial charge in [-0.15, -0.1) is 11.3 Å². The topological polar surface area (TPSA) is 68.5 Å². The Hall–Kier alpha value is -1.14. The van der Waals surface area contributed by atoms with Gasteiger partial charge in [0.1, 0.15) is 0 Å². The fourth-order valence-electron chi connectivity index (χ4n) is 1.05. The van der Waals surface area contributed by atoms with E-state index in [1.165, 1.54) is 11.3 Å². The zero-order valence-electron chi connectivity index (χ0n) is 8.90. The smallest absolute Gasteiger partial charge is 0.228 e. The molecule has 0 unspecified atom stereocenters. The third-order valence-corrected chi connectivity index (χ3v) is 2.68. The first-order valence-corrected chi connectivity index (χ1v) is 5.44. The van der Waals surface area contributed by atoms with Crippen LogP contribution in [0, 0.1) is 0 Å². The van der Waals surface area contributed by atoms with Crippen LogP contribution in [0.3, 0.4) is 0 Å². The van der Waals surface area contributed by atoms with Gasteiger partial charge < -0.3 is 15.4 Å². The summed E-state index contributed by atoms with van der Waals surface area (Å²) in [5.74, 6) is 0.0253. The molecule has 5 nitrogen and oxygen atoms in total. The zero-order chi connectivity index (χ0) is 11.3. The van der Waals surface area contributed by atoms with Crippen LogP contribution in [0.1, 0.15) is 5.69 Å². The number of thiazole rings is 1. The van der Waals surface area contributed by atoms with Crippen molar-refractivity contribution >= 4 is 22.4 Å². The standard InChI is InChI=1S/C9H15N3O2S/c1-12(3-4-14-2)8(13)5-7-6-15-9(10)11-7/h6H,3-5H2,1-2H3,(H2,10,11). The molecule has 0 aliphatic rings. The van der Waals surface area contributed by atoms with Gasteiger partial charge in [0.2, 0.25) is 5.91 Å². The number of anilines is 1. The van der Waals surface area contributed by atoms with Gasteiger partial charge in [0.05, 0.1) is 18.7 Å². The lowest BCUT2D eigenvalue weighted by atomic mass is 10.3. The van der Waals surface area contributed by atoms with Crippen LogP contribution in [0.15, 0.2) is 5.38 Å². The van der Waals surface area contributed by atoms with Gasteiger partial charge >= 0.3 is 0 Å². The second-order valence-corrected chi connectivity index (χ2v) is 4.05. The number of aromatic nitrogens is 1. The molecule has 0 aromatic carbocycles. The highest BCUT2D eigenvalue weighted by Crippen LogP contribution is 2.11. The summed E-state index contributed by atoms with van der Waals surface area (Å²) in [6.45, 7) is 1.14. The summed E-state index contributed by atoms with van der Waals surface area (Å²) < 4.78 is 4.89. The molecule has 84 valence electrons. The van der Waals surface area contributed by atoms with Crippen LogP contribution in [0.5, 0.6) is 0 Å². The fourth-order valence-corrected chi connectivity index (χ4v) is 1.61. The molecule has 1 aromatic rings. The van der Waals surface area contributed by atoms with E-state index in [0.717, 1.165) is 5.69 Å². The third kappa shape index (κ3) is 3.85. The number of nitrogens with two attached hydrogens (primary N) is 1. The van der Waals surface area contributed by atoms with Crippen molar-refractivity contribution in [2.24, 2.45) is 0 Å². The molecule has 1 aromatic heterocycles. The van der Waals surface area contributed by atoms with Crippen LogP contribution in [0.4, 0.5) is 5.13 Å². The van der Waals surface area contributed by atoms with Gasteiger partial charge in [0, 0.05) is 26.1 Å². The summed E-state index contributed by atoms with van der Waals surface area (Å²) in [7, 11) is 3.36. The lowest BCUT2D eigenvalue weighted by Gasteiger charge is -2.15. The van der Waals surface area contributed by atoms with Crippen molar-refractivity contribution in [2.75, 3.05) is 33.0 Å². The Balaban J connectivity index is 2.41. The lowest BCUT2D eigenvalue weighted by Crippen LogP contribution is -2.31. The van der Waals surface area contributed by atoms with Crippen molar-refractivity contribution in [2.45, 2.75) is 6.42 Å². The van der Waals surface area contributed by atoms with E-state index in [1.807, 2.05) is 0 Å². The van der Waals surface area contributed by atoms with E-state index in [0.29, 0.717) is 24.7 Å². The lowest BCUT2D eigenvalue weighted by molar-refractivity contribution is -0.129. The maximum Gasteiger partial charge on any atom is 0.228 e. The van der Waals surface area contributed by atoms with Crippen LogP contribution in [-0.4, -0.2) is 43.1 Å². The van der Waals surface area contributed by atoms with E-state index in [1.54, 1.807) is 24.4 Å². The molecule has 1 rings (SSSR count). The third-order valence-electron chi connectivity index (χ3n) is 1.96. The Kier molecular flexibility index (Phi) is 4.51. The molecule has 6 heteroatoms. The number of likely N-dealkylation sites (N-methyl/N-ethyl adjacent to an activating group) is 1. The van der Waals surface area contributed by atoms with Gasteiger partial charge in [-0.25, -0.2) is 4.98 Å². The number of hydrogen-bond acceptors (Lipinski definition) is 5. The van der Waals surface area contributed by atoms with E-state index in [2.05, 4.69) is 4.98 Å². The molecule has 0 fully saturated rings. The van der Waals surface area contributed by atoms with Crippen molar-refractivity contribution < 1.29 is 9.53 Å². The molecule has 15 heavy (non-hydrogen) atoms. The van der Waals surface area contributed by atoms with E-state index in [9.17, 15) is 4.79 Å². The summed E-state index contributed by atoms with van der Waals surface area (Å²) in [4.78, 5) is 17.3.